The topological polar surface area (TPSA) is 18.5 Å². The Hall–Kier alpha value is -0.535. The van der Waals surface area contributed by atoms with E-state index in [1.54, 1.807) is 0 Å². The fraction of sp³-hybridized carbons (Fsp3) is 0.750. The average molecular weight is 264 g/mol. The van der Waals surface area contributed by atoms with E-state index in [9.17, 15) is 0 Å². The van der Waals surface area contributed by atoms with Crippen molar-refractivity contribution in [3.8, 4) is 0 Å². The molecule has 0 aliphatic carbocycles. The Balaban J connectivity index is 2.90. The van der Waals surface area contributed by atoms with E-state index < -0.39 is 0 Å². The van der Waals surface area contributed by atoms with Crippen LogP contribution in [0.3, 0.4) is 0 Å². The molecule has 108 valence electrons. The molecule has 1 aliphatic rings. The lowest BCUT2D eigenvalue weighted by Crippen LogP contribution is -2.41. The van der Waals surface area contributed by atoms with Crippen LogP contribution >= 0.6 is 0 Å². The van der Waals surface area contributed by atoms with Gasteiger partial charge < -0.3 is 9.31 Å². The van der Waals surface area contributed by atoms with Gasteiger partial charge in [-0.15, -0.1) is 6.58 Å². The molecule has 1 rings (SSSR count). The van der Waals surface area contributed by atoms with Crippen LogP contribution in [-0.2, 0) is 9.31 Å². The molecule has 0 N–H and O–H groups in total. The Labute approximate surface area is 119 Å². The van der Waals surface area contributed by atoms with Gasteiger partial charge in [0.1, 0.15) is 0 Å². The molecule has 0 spiro atoms. The highest BCUT2D eigenvalue weighted by Gasteiger charge is 2.51. The minimum atomic E-state index is -0.261. The minimum absolute atomic E-state index is 0.211. The molecule has 0 aromatic heterocycles. The fourth-order valence-electron chi connectivity index (χ4n) is 2.21. The van der Waals surface area contributed by atoms with Crippen LogP contribution < -0.4 is 0 Å². The summed E-state index contributed by atoms with van der Waals surface area (Å²) in [4.78, 5) is 0. The second kappa shape index (κ2) is 6.28. The molecule has 1 fully saturated rings. The molecular weight excluding hydrogens is 235 g/mol. The zero-order valence-corrected chi connectivity index (χ0v) is 13.5. The highest BCUT2D eigenvalue weighted by atomic mass is 16.7. The van der Waals surface area contributed by atoms with E-state index >= 15 is 0 Å². The van der Waals surface area contributed by atoms with Gasteiger partial charge in [-0.2, -0.15) is 0 Å². The monoisotopic (exact) mass is 264 g/mol. The molecule has 19 heavy (non-hydrogen) atoms. The summed E-state index contributed by atoms with van der Waals surface area (Å²) in [6, 6.07) is 0. The summed E-state index contributed by atoms with van der Waals surface area (Å²) in [5.74, 6) is 0. The van der Waals surface area contributed by atoms with Crippen molar-refractivity contribution in [2.24, 2.45) is 0 Å². The Bertz CT molecular complexity index is 340. The number of unbranched alkanes of at least 4 members (excludes halogenated alkanes) is 1. The first-order valence-electron chi connectivity index (χ1n) is 7.40. The third kappa shape index (κ3) is 3.73. The molecule has 1 heterocycles. The Morgan fingerprint density at radius 2 is 1.68 bits per heavy atom. The summed E-state index contributed by atoms with van der Waals surface area (Å²) in [7, 11) is -0.211. The van der Waals surface area contributed by atoms with Gasteiger partial charge in [-0.25, -0.2) is 0 Å². The van der Waals surface area contributed by atoms with Gasteiger partial charge in [0.15, 0.2) is 0 Å². The van der Waals surface area contributed by atoms with Crippen molar-refractivity contribution < 1.29 is 9.31 Å². The maximum atomic E-state index is 6.12. The van der Waals surface area contributed by atoms with Gasteiger partial charge in [0.25, 0.3) is 0 Å². The standard InChI is InChI=1S/C16H29BO2/c1-8-10-12-14(11-9-2)13(3)17-18-15(4,5)16(6,7)19-17/h9H,2,8,10-12H2,1,3-7H3/b14-13+. The van der Waals surface area contributed by atoms with Crippen molar-refractivity contribution in [2.75, 3.05) is 0 Å². The summed E-state index contributed by atoms with van der Waals surface area (Å²) in [6.45, 7) is 16.6. The SMILES string of the molecule is C=CC/C(CCCC)=C(/C)B1OC(C)(C)C(C)(C)O1. The van der Waals surface area contributed by atoms with E-state index in [1.807, 2.05) is 6.08 Å². The van der Waals surface area contributed by atoms with E-state index in [0.717, 1.165) is 12.8 Å². The average Bonchev–Trinajstić information content (AvgIpc) is 2.53. The van der Waals surface area contributed by atoms with Crippen molar-refractivity contribution >= 4 is 7.12 Å². The molecule has 0 saturated carbocycles. The second-order valence-electron chi connectivity index (χ2n) is 6.47. The van der Waals surface area contributed by atoms with Crippen LogP contribution in [0, 0.1) is 0 Å². The molecule has 0 bridgehead atoms. The number of hydrogen-bond acceptors (Lipinski definition) is 2. The molecule has 1 aliphatic heterocycles. The van der Waals surface area contributed by atoms with E-state index in [1.165, 1.54) is 23.9 Å². The van der Waals surface area contributed by atoms with Gasteiger partial charge >= 0.3 is 7.12 Å². The van der Waals surface area contributed by atoms with E-state index in [0.29, 0.717) is 0 Å². The first-order valence-corrected chi connectivity index (χ1v) is 7.40. The van der Waals surface area contributed by atoms with E-state index in [4.69, 9.17) is 9.31 Å². The van der Waals surface area contributed by atoms with Crippen LogP contribution in [-0.4, -0.2) is 18.3 Å². The van der Waals surface area contributed by atoms with Gasteiger partial charge in [-0.3, -0.25) is 0 Å². The quantitative estimate of drug-likeness (QED) is 0.511. The molecular formula is C16H29BO2. The van der Waals surface area contributed by atoms with Gasteiger partial charge in [-0.1, -0.05) is 25.0 Å². The summed E-state index contributed by atoms with van der Waals surface area (Å²) in [5, 5.41) is 0. The minimum Gasteiger partial charge on any atom is -0.400 e. The van der Waals surface area contributed by atoms with Crippen molar-refractivity contribution in [2.45, 2.75) is 78.4 Å². The van der Waals surface area contributed by atoms with Crippen LogP contribution in [0.1, 0.15) is 67.2 Å². The highest BCUT2D eigenvalue weighted by Crippen LogP contribution is 2.39. The summed E-state index contributed by atoms with van der Waals surface area (Å²) < 4.78 is 12.2. The van der Waals surface area contributed by atoms with Crippen LogP contribution in [0.2, 0.25) is 0 Å². The van der Waals surface area contributed by atoms with Crippen molar-refractivity contribution in [1.82, 2.24) is 0 Å². The summed E-state index contributed by atoms with van der Waals surface area (Å²) in [6.07, 6.45) is 6.42. The lowest BCUT2D eigenvalue weighted by atomic mass is 9.74. The molecule has 0 aromatic rings. The van der Waals surface area contributed by atoms with Crippen LogP contribution in [0.4, 0.5) is 0 Å². The molecule has 0 aromatic carbocycles. The predicted molar refractivity (Wildman–Crippen MR) is 83.1 cm³/mol. The molecule has 1 saturated heterocycles. The predicted octanol–water partition coefficient (Wildman–Crippen LogP) is 4.70. The lowest BCUT2D eigenvalue weighted by molar-refractivity contribution is 0.00578. The molecule has 3 heteroatoms. The summed E-state index contributed by atoms with van der Waals surface area (Å²) in [5.41, 5.74) is 2.12. The Morgan fingerprint density at radius 1 is 1.16 bits per heavy atom. The van der Waals surface area contributed by atoms with Gasteiger partial charge in [0.05, 0.1) is 11.2 Å². The molecule has 0 atom stereocenters. The largest absolute Gasteiger partial charge is 0.490 e. The number of allylic oxidation sites excluding steroid dienone is 3. The van der Waals surface area contributed by atoms with Crippen LogP contribution in [0.15, 0.2) is 23.7 Å². The Kier molecular flexibility index (Phi) is 5.46. The van der Waals surface area contributed by atoms with Crippen molar-refractivity contribution in [3.63, 3.8) is 0 Å². The fourth-order valence-corrected chi connectivity index (χ4v) is 2.21. The zero-order chi connectivity index (χ0) is 14.7. The van der Waals surface area contributed by atoms with Gasteiger partial charge in [0.2, 0.25) is 0 Å². The number of hydrogen-bond donors (Lipinski definition) is 0. The second-order valence-corrected chi connectivity index (χ2v) is 6.47. The summed E-state index contributed by atoms with van der Waals surface area (Å²) >= 11 is 0. The van der Waals surface area contributed by atoms with Crippen LogP contribution in [0.25, 0.3) is 0 Å². The number of rotatable bonds is 6. The molecule has 2 nitrogen and oxygen atoms in total. The third-order valence-electron chi connectivity index (χ3n) is 4.39. The normalized spacial score (nSPS) is 22.3. The first kappa shape index (κ1) is 16.5. The maximum Gasteiger partial charge on any atom is 0.490 e. The van der Waals surface area contributed by atoms with Crippen LogP contribution in [0.5, 0.6) is 0 Å². The highest BCUT2D eigenvalue weighted by molar-refractivity contribution is 6.54. The molecule has 0 radical (unpaired) electrons. The Morgan fingerprint density at radius 3 is 2.11 bits per heavy atom. The van der Waals surface area contributed by atoms with E-state index in [2.05, 4.69) is 48.1 Å². The third-order valence-corrected chi connectivity index (χ3v) is 4.39. The van der Waals surface area contributed by atoms with E-state index in [-0.39, 0.29) is 18.3 Å². The smallest absolute Gasteiger partial charge is 0.400 e. The van der Waals surface area contributed by atoms with Crippen molar-refractivity contribution in [3.05, 3.63) is 23.7 Å². The molecule has 0 unspecified atom stereocenters. The van der Waals surface area contributed by atoms with Crippen molar-refractivity contribution in [1.29, 1.82) is 0 Å². The lowest BCUT2D eigenvalue weighted by Gasteiger charge is -2.32. The first-order chi connectivity index (χ1) is 8.75. The zero-order valence-electron chi connectivity index (χ0n) is 13.5. The molecule has 0 amide bonds. The maximum absolute atomic E-state index is 6.12. The van der Waals surface area contributed by atoms with Gasteiger partial charge in [0, 0.05) is 0 Å². The van der Waals surface area contributed by atoms with Gasteiger partial charge in [-0.05, 0) is 59.4 Å².